The van der Waals surface area contributed by atoms with Crippen LogP contribution in [0.2, 0.25) is 0 Å². The maximum Gasteiger partial charge on any atom is 0.253 e. The van der Waals surface area contributed by atoms with Crippen LogP contribution in [0.15, 0.2) is 47.6 Å². The Hall–Kier alpha value is -2.42. The van der Waals surface area contributed by atoms with Gasteiger partial charge >= 0.3 is 0 Å². The zero-order valence-corrected chi connectivity index (χ0v) is 18.2. The molecule has 0 saturated carbocycles. The number of benzene rings is 2. The van der Waals surface area contributed by atoms with Gasteiger partial charge in [-0.1, -0.05) is 23.9 Å². The number of likely N-dealkylation sites (tertiary alicyclic amines) is 1. The molecule has 0 bridgehead atoms. The topological polar surface area (TPSA) is 56.6 Å². The third kappa shape index (κ3) is 4.07. The van der Waals surface area contributed by atoms with Crippen molar-refractivity contribution in [3.05, 3.63) is 59.4 Å². The number of thioether (sulfide) groups is 1. The second-order valence-corrected chi connectivity index (χ2v) is 8.91. The van der Waals surface area contributed by atoms with Gasteiger partial charge in [-0.25, -0.2) is 9.37 Å². The van der Waals surface area contributed by atoms with Gasteiger partial charge in [-0.15, -0.1) is 0 Å². The van der Waals surface area contributed by atoms with E-state index in [2.05, 4.69) is 0 Å². The summed E-state index contributed by atoms with van der Waals surface area (Å²) in [7, 11) is 1.95. The number of piperidine rings is 1. The number of halogens is 1. The van der Waals surface area contributed by atoms with Gasteiger partial charge in [-0.3, -0.25) is 4.79 Å². The van der Waals surface area contributed by atoms with E-state index in [4.69, 9.17) is 14.5 Å². The molecule has 1 spiro atoms. The van der Waals surface area contributed by atoms with Crippen molar-refractivity contribution in [2.75, 3.05) is 26.3 Å². The van der Waals surface area contributed by atoms with Crippen LogP contribution in [0.1, 0.15) is 28.8 Å². The Labute approximate surface area is 184 Å². The van der Waals surface area contributed by atoms with Crippen molar-refractivity contribution in [3.63, 3.8) is 0 Å². The summed E-state index contributed by atoms with van der Waals surface area (Å²) >= 11 is 1.59. The first-order valence-electron chi connectivity index (χ1n) is 10.4. The van der Waals surface area contributed by atoms with Gasteiger partial charge in [0.15, 0.2) is 10.9 Å². The maximum atomic E-state index is 13.1. The fourth-order valence-corrected chi connectivity index (χ4v) is 5.12. The molecular weight excluding hydrogens is 417 g/mol. The Balaban J connectivity index is 1.30. The van der Waals surface area contributed by atoms with E-state index in [0.29, 0.717) is 50.5 Å². The van der Waals surface area contributed by atoms with Crippen LogP contribution in [0.25, 0.3) is 11.0 Å². The second-order valence-electron chi connectivity index (χ2n) is 7.97. The lowest BCUT2D eigenvalue weighted by atomic mass is 10.0. The molecule has 2 aliphatic heterocycles. The lowest BCUT2D eigenvalue weighted by Gasteiger charge is -2.37. The number of hydrogen-bond acceptors (Lipinski definition) is 5. The molecule has 2 aromatic carbocycles. The van der Waals surface area contributed by atoms with E-state index in [9.17, 15) is 9.18 Å². The van der Waals surface area contributed by atoms with Gasteiger partial charge in [-0.2, -0.15) is 0 Å². The molecule has 3 aromatic rings. The Bertz CT molecular complexity index is 1100. The predicted molar refractivity (Wildman–Crippen MR) is 116 cm³/mol. The first kappa shape index (κ1) is 20.5. The minimum Gasteiger partial charge on any atom is -0.347 e. The Kier molecular flexibility index (Phi) is 5.45. The Morgan fingerprint density at radius 1 is 1.13 bits per heavy atom. The average molecular weight is 442 g/mol. The lowest BCUT2D eigenvalue weighted by Crippen LogP contribution is -2.47. The molecule has 31 heavy (non-hydrogen) atoms. The summed E-state index contributed by atoms with van der Waals surface area (Å²) in [5.41, 5.74) is 3.47. The number of carbonyl (C=O) groups is 1. The van der Waals surface area contributed by atoms with Crippen molar-refractivity contribution in [1.82, 2.24) is 14.5 Å². The van der Waals surface area contributed by atoms with Gasteiger partial charge in [0.2, 0.25) is 0 Å². The molecule has 1 amide bonds. The lowest BCUT2D eigenvalue weighted by molar-refractivity contribution is -0.181. The zero-order chi connectivity index (χ0) is 21.4. The van der Waals surface area contributed by atoms with E-state index in [0.717, 1.165) is 21.8 Å². The summed E-state index contributed by atoms with van der Waals surface area (Å²) < 4.78 is 26.6. The van der Waals surface area contributed by atoms with Crippen LogP contribution in [0.4, 0.5) is 4.39 Å². The molecule has 6 nitrogen and oxygen atoms in total. The van der Waals surface area contributed by atoms with Crippen molar-refractivity contribution < 1.29 is 18.7 Å². The average Bonchev–Trinajstić information content (AvgIpc) is 3.37. The van der Waals surface area contributed by atoms with Gasteiger partial charge in [0, 0.05) is 44.3 Å². The third-order valence-corrected chi connectivity index (χ3v) is 7.09. The zero-order valence-electron chi connectivity index (χ0n) is 17.3. The number of fused-ring (bicyclic) bond motifs is 1. The SMILES string of the molecule is Cn1c(SCc2ccc(F)cc2)nc2ccc(C(=O)N3CCC4(CC3)OCCO4)cc21. The van der Waals surface area contributed by atoms with Gasteiger partial charge in [0.1, 0.15) is 5.82 Å². The fourth-order valence-electron chi connectivity index (χ4n) is 4.18. The van der Waals surface area contributed by atoms with Crippen LogP contribution in [-0.4, -0.2) is 52.4 Å². The van der Waals surface area contributed by atoms with Crippen molar-refractivity contribution in [2.24, 2.45) is 7.05 Å². The summed E-state index contributed by atoms with van der Waals surface area (Å²) in [5.74, 6) is -0.000192. The fraction of sp³-hybridized carbons (Fsp3) is 0.391. The Morgan fingerprint density at radius 3 is 2.55 bits per heavy atom. The van der Waals surface area contributed by atoms with Gasteiger partial charge < -0.3 is 18.9 Å². The largest absolute Gasteiger partial charge is 0.347 e. The minimum absolute atomic E-state index is 0.0245. The highest BCUT2D eigenvalue weighted by atomic mass is 32.2. The minimum atomic E-state index is -0.487. The maximum absolute atomic E-state index is 13.1. The van der Waals surface area contributed by atoms with Crippen molar-refractivity contribution in [2.45, 2.75) is 29.5 Å². The molecule has 2 aliphatic rings. The highest BCUT2D eigenvalue weighted by Gasteiger charge is 2.40. The first-order valence-corrected chi connectivity index (χ1v) is 11.4. The monoisotopic (exact) mass is 441 g/mol. The van der Waals surface area contributed by atoms with Crippen LogP contribution in [0.3, 0.4) is 0 Å². The highest BCUT2D eigenvalue weighted by Crippen LogP contribution is 2.32. The molecule has 2 saturated heterocycles. The molecule has 5 rings (SSSR count). The number of carbonyl (C=O) groups excluding carboxylic acids is 1. The molecule has 1 aromatic heterocycles. The normalized spacial score (nSPS) is 18.2. The van der Waals surface area contributed by atoms with E-state index in [1.54, 1.807) is 23.9 Å². The molecule has 0 N–H and O–H groups in total. The molecule has 8 heteroatoms. The number of aromatic nitrogens is 2. The van der Waals surface area contributed by atoms with Crippen molar-refractivity contribution in [3.8, 4) is 0 Å². The Morgan fingerprint density at radius 2 is 1.84 bits per heavy atom. The number of imidazole rings is 1. The molecule has 0 radical (unpaired) electrons. The molecule has 0 atom stereocenters. The number of rotatable bonds is 4. The number of hydrogen-bond donors (Lipinski definition) is 0. The molecule has 0 unspecified atom stereocenters. The van der Waals surface area contributed by atoms with Crippen LogP contribution < -0.4 is 0 Å². The van der Waals surface area contributed by atoms with E-state index in [1.165, 1.54) is 12.1 Å². The standard InChI is InChI=1S/C23H24FN3O3S/c1-26-20-14-17(21(28)27-10-8-23(9-11-27)29-12-13-30-23)4-7-19(20)25-22(26)31-15-16-2-5-18(24)6-3-16/h2-7,14H,8-13,15H2,1H3. The summed E-state index contributed by atoms with van der Waals surface area (Å²) in [6, 6.07) is 12.2. The first-order chi connectivity index (χ1) is 15.0. The summed E-state index contributed by atoms with van der Waals surface area (Å²) in [4.78, 5) is 19.7. The van der Waals surface area contributed by atoms with Crippen LogP contribution in [-0.2, 0) is 22.3 Å². The quantitative estimate of drug-likeness (QED) is 0.573. The summed E-state index contributed by atoms with van der Waals surface area (Å²) in [6.45, 7) is 2.52. The molecule has 2 fully saturated rings. The van der Waals surface area contributed by atoms with Crippen LogP contribution in [0.5, 0.6) is 0 Å². The predicted octanol–water partition coefficient (Wildman–Crippen LogP) is 3.98. The van der Waals surface area contributed by atoms with E-state index >= 15 is 0 Å². The molecule has 162 valence electrons. The summed E-state index contributed by atoms with van der Waals surface area (Å²) in [6.07, 6.45) is 1.41. The third-order valence-electron chi connectivity index (χ3n) is 5.99. The van der Waals surface area contributed by atoms with E-state index < -0.39 is 5.79 Å². The number of ether oxygens (including phenoxy) is 2. The molecule has 0 aliphatic carbocycles. The van der Waals surface area contributed by atoms with E-state index in [1.807, 2.05) is 34.7 Å². The summed E-state index contributed by atoms with van der Waals surface area (Å²) in [5, 5.41) is 0.861. The highest BCUT2D eigenvalue weighted by molar-refractivity contribution is 7.98. The van der Waals surface area contributed by atoms with E-state index in [-0.39, 0.29) is 11.7 Å². The second kappa shape index (κ2) is 8.26. The number of nitrogens with zero attached hydrogens (tertiary/aromatic N) is 3. The van der Waals surface area contributed by atoms with Gasteiger partial charge in [0.25, 0.3) is 5.91 Å². The van der Waals surface area contributed by atoms with Crippen LogP contribution >= 0.6 is 11.8 Å². The number of aryl methyl sites for hydroxylation is 1. The smallest absolute Gasteiger partial charge is 0.253 e. The van der Waals surface area contributed by atoms with Gasteiger partial charge in [-0.05, 0) is 35.9 Å². The van der Waals surface area contributed by atoms with Crippen LogP contribution in [0, 0.1) is 5.82 Å². The molecular formula is C23H24FN3O3S. The molecule has 3 heterocycles. The van der Waals surface area contributed by atoms with Crippen molar-refractivity contribution in [1.29, 1.82) is 0 Å². The van der Waals surface area contributed by atoms with Gasteiger partial charge in [0.05, 0.1) is 24.2 Å². The van der Waals surface area contributed by atoms with Crippen molar-refractivity contribution >= 4 is 28.7 Å². The number of amides is 1.